The fourth-order valence-electron chi connectivity index (χ4n) is 2.06. The van der Waals surface area contributed by atoms with Gasteiger partial charge in [-0.1, -0.05) is 28.1 Å². The molecule has 88 valence electrons. The number of hydrogen-bond donors (Lipinski definition) is 0. The normalized spacial score (nSPS) is 22.8. The number of alkyl halides is 1. The maximum absolute atomic E-state index is 5.51. The molecular weight excluding hydrogens is 268 g/mol. The van der Waals surface area contributed by atoms with Gasteiger partial charge in [0.25, 0.3) is 0 Å². The number of methoxy groups -OCH3 is 1. The van der Waals surface area contributed by atoms with Crippen LogP contribution in [0, 0.1) is 5.92 Å². The van der Waals surface area contributed by atoms with E-state index in [-0.39, 0.29) is 0 Å². The van der Waals surface area contributed by atoms with E-state index in [9.17, 15) is 0 Å². The molecule has 1 fully saturated rings. The second kappa shape index (κ2) is 5.69. The highest BCUT2D eigenvalue weighted by Crippen LogP contribution is 2.36. The Balaban J connectivity index is 2.04. The summed E-state index contributed by atoms with van der Waals surface area (Å²) in [5.41, 5.74) is 1.30. The van der Waals surface area contributed by atoms with Crippen LogP contribution >= 0.6 is 15.9 Å². The van der Waals surface area contributed by atoms with E-state index < -0.39 is 0 Å². The van der Waals surface area contributed by atoms with E-state index in [1.165, 1.54) is 18.4 Å². The van der Waals surface area contributed by atoms with E-state index in [0.29, 0.717) is 10.7 Å². The Morgan fingerprint density at radius 3 is 2.69 bits per heavy atom. The average Bonchev–Trinajstić information content (AvgIpc) is 2.39. The monoisotopic (exact) mass is 284 g/mol. The standard InChI is InChI=1S/C13H17BrO2/c1-15-12-6-4-10(5-7-12)13(14)11-3-2-8-16-9-11/h4-7,11,13H,2-3,8-9H2,1H3. The molecule has 0 amide bonds. The van der Waals surface area contributed by atoms with Crippen LogP contribution in [0.15, 0.2) is 24.3 Å². The number of halogens is 1. The van der Waals surface area contributed by atoms with Gasteiger partial charge in [0.05, 0.1) is 13.7 Å². The molecule has 1 aliphatic heterocycles. The van der Waals surface area contributed by atoms with Crippen molar-refractivity contribution in [2.75, 3.05) is 20.3 Å². The van der Waals surface area contributed by atoms with Gasteiger partial charge < -0.3 is 9.47 Å². The molecule has 2 rings (SSSR count). The lowest BCUT2D eigenvalue weighted by Crippen LogP contribution is -2.20. The van der Waals surface area contributed by atoms with Crippen molar-refractivity contribution in [3.63, 3.8) is 0 Å². The summed E-state index contributed by atoms with van der Waals surface area (Å²) in [6.45, 7) is 1.78. The van der Waals surface area contributed by atoms with Gasteiger partial charge in [0, 0.05) is 11.4 Å². The molecule has 1 saturated heterocycles. The molecule has 1 aliphatic rings. The number of hydrogen-bond acceptors (Lipinski definition) is 2. The predicted molar refractivity (Wildman–Crippen MR) is 68.2 cm³/mol. The Kier molecular flexibility index (Phi) is 4.24. The van der Waals surface area contributed by atoms with Crippen LogP contribution in [-0.4, -0.2) is 20.3 Å². The van der Waals surface area contributed by atoms with Gasteiger partial charge >= 0.3 is 0 Å². The van der Waals surface area contributed by atoms with Crippen molar-refractivity contribution < 1.29 is 9.47 Å². The second-order valence-corrected chi connectivity index (χ2v) is 5.14. The quantitative estimate of drug-likeness (QED) is 0.791. The van der Waals surface area contributed by atoms with Gasteiger partial charge in [0.15, 0.2) is 0 Å². The molecular formula is C13H17BrO2. The molecule has 2 unspecified atom stereocenters. The van der Waals surface area contributed by atoms with Gasteiger partial charge in [-0.15, -0.1) is 0 Å². The third-order valence-corrected chi connectivity index (χ3v) is 4.32. The van der Waals surface area contributed by atoms with E-state index in [0.717, 1.165) is 19.0 Å². The molecule has 1 aromatic rings. The number of benzene rings is 1. The Morgan fingerprint density at radius 2 is 2.12 bits per heavy atom. The molecule has 1 aromatic carbocycles. The molecule has 0 N–H and O–H groups in total. The summed E-state index contributed by atoms with van der Waals surface area (Å²) in [5, 5.41) is 0. The summed E-state index contributed by atoms with van der Waals surface area (Å²) in [7, 11) is 1.69. The lowest BCUT2D eigenvalue weighted by molar-refractivity contribution is 0.0546. The first kappa shape index (κ1) is 11.9. The van der Waals surface area contributed by atoms with Crippen LogP contribution in [0.3, 0.4) is 0 Å². The summed E-state index contributed by atoms with van der Waals surface area (Å²) in [6.07, 6.45) is 2.41. The van der Waals surface area contributed by atoms with Crippen LogP contribution in [-0.2, 0) is 4.74 Å². The Bertz CT molecular complexity index is 317. The molecule has 3 heteroatoms. The fourth-order valence-corrected chi connectivity index (χ4v) is 2.78. The number of rotatable bonds is 3. The fraction of sp³-hybridized carbons (Fsp3) is 0.538. The highest BCUT2D eigenvalue weighted by molar-refractivity contribution is 9.09. The van der Waals surface area contributed by atoms with Crippen molar-refractivity contribution in [1.29, 1.82) is 0 Å². The van der Waals surface area contributed by atoms with E-state index in [1.807, 2.05) is 12.1 Å². The SMILES string of the molecule is COc1ccc(C(Br)C2CCCOC2)cc1. The predicted octanol–water partition coefficient (Wildman–Crippen LogP) is 3.56. The van der Waals surface area contributed by atoms with E-state index in [1.54, 1.807) is 7.11 Å². The third kappa shape index (κ3) is 2.77. The maximum atomic E-state index is 5.51. The molecule has 0 aromatic heterocycles. The minimum atomic E-state index is 0.388. The first-order chi connectivity index (χ1) is 7.81. The zero-order valence-electron chi connectivity index (χ0n) is 9.49. The first-order valence-electron chi connectivity index (χ1n) is 5.67. The Hall–Kier alpha value is -0.540. The maximum Gasteiger partial charge on any atom is 0.118 e. The van der Waals surface area contributed by atoms with Gasteiger partial charge in [-0.25, -0.2) is 0 Å². The van der Waals surface area contributed by atoms with Crippen molar-refractivity contribution in [2.45, 2.75) is 17.7 Å². The van der Waals surface area contributed by atoms with Crippen LogP contribution in [0.4, 0.5) is 0 Å². The molecule has 0 saturated carbocycles. The lowest BCUT2D eigenvalue weighted by atomic mass is 9.94. The van der Waals surface area contributed by atoms with E-state index >= 15 is 0 Å². The zero-order valence-corrected chi connectivity index (χ0v) is 11.1. The lowest BCUT2D eigenvalue weighted by Gasteiger charge is -2.26. The third-order valence-electron chi connectivity index (χ3n) is 3.04. The Morgan fingerprint density at radius 1 is 1.38 bits per heavy atom. The Labute approximate surface area is 105 Å². The topological polar surface area (TPSA) is 18.5 Å². The molecule has 16 heavy (non-hydrogen) atoms. The van der Waals surface area contributed by atoms with Crippen LogP contribution in [0.2, 0.25) is 0 Å². The highest BCUT2D eigenvalue weighted by Gasteiger charge is 2.23. The zero-order chi connectivity index (χ0) is 11.4. The van der Waals surface area contributed by atoms with Gasteiger partial charge in [-0.3, -0.25) is 0 Å². The number of ether oxygens (including phenoxy) is 2. The largest absolute Gasteiger partial charge is 0.497 e. The molecule has 0 bridgehead atoms. The van der Waals surface area contributed by atoms with Gasteiger partial charge in [-0.05, 0) is 36.5 Å². The smallest absolute Gasteiger partial charge is 0.118 e. The summed E-state index contributed by atoms with van der Waals surface area (Å²) in [5.74, 6) is 1.49. The van der Waals surface area contributed by atoms with E-state index in [2.05, 4.69) is 28.1 Å². The summed E-state index contributed by atoms with van der Waals surface area (Å²) in [6, 6.07) is 8.25. The molecule has 0 spiro atoms. The highest BCUT2D eigenvalue weighted by atomic mass is 79.9. The van der Waals surface area contributed by atoms with E-state index in [4.69, 9.17) is 9.47 Å². The molecule has 0 radical (unpaired) electrons. The van der Waals surface area contributed by atoms with Crippen molar-refractivity contribution in [3.8, 4) is 5.75 Å². The first-order valence-corrected chi connectivity index (χ1v) is 6.58. The minimum Gasteiger partial charge on any atom is -0.497 e. The van der Waals surface area contributed by atoms with Crippen LogP contribution < -0.4 is 4.74 Å². The summed E-state index contributed by atoms with van der Waals surface area (Å²) < 4.78 is 10.7. The molecule has 0 aliphatic carbocycles. The average molecular weight is 285 g/mol. The van der Waals surface area contributed by atoms with Gasteiger partial charge in [0.2, 0.25) is 0 Å². The second-order valence-electron chi connectivity index (χ2n) is 4.15. The van der Waals surface area contributed by atoms with Crippen LogP contribution in [0.5, 0.6) is 5.75 Å². The molecule has 2 nitrogen and oxygen atoms in total. The summed E-state index contributed by atoms with van der Waals surface area (Å²) >= 11 is 3.77. The molecule has 1 heterocycles. The van der Waals surface area contributed by atoms with Gasteiger partial charge in [-0.2, -0.15) is 0 Å². The van der Waals surface area contributed by atoms with Gasteiger partial charge in [0.1, 0.15) is 5.75 Å². The summed E-state index contributed by atoms with van der Waals surface area (Å²) in [4.78, 5) is 0.388. The van der Waals surface area contributed by atoms with Crippen LogP contribution in [0.25, 0.3) is 0 Å². The molecule has 2 atom stereocenters. The van der Waals surface area contributed by atoms with Crippen molar-refractivity contribution in [3.05, 3.63) is 29.8 Å². The van der Waals surface area contributed by atoms with Crippen molar-refractivity contribution in [1.82, 2.24) is 0 Å². The van der Waals surface area contributed by atoms with Crippen LogP contribution in [0.1, 0.15) is 23.2 Å². The van der Waals surface area contributed by atoms with Crippen molar-refractivity contribution >= 4 is 15.9 Å². The minimum absolute atomic E-state index is 0.388. The van der Waals surface area contributed by atoms with Crippen molar-refractivity contribution in [2.24, 2.45) is 5.92 Å².